The van der Waals surface area contributed by atoms with Crippen LogP contribution in [0.25, 0.3) is 0 Å². The molecule has 2 saturated heterocycles. The lowest BCUT2D eigenvalue weighted by Crippen LogP contribution is -2.57. The van der Waals surface area contributed by atoms with Crippen molar-refractivity contribution in [2.75, 3.05) is 45.7 Å². The molecule has 0 saturated carbocycles. The molecular formula is C20H26ClN3O4. The molecule has 2 fully saturated rings. The topological polar surface area (TPSA) is 79.0 Å². The van der Waals surface area contributed by atoms with E-state index in [0.717, 1.165) is 5.56 Å². The van der Waals surface area contributed by atoms with E-state index in [1.54, 1.807) is 11.9 Å². The van der Waals surface area contributed by atoms with E-state index >= 15 is 0 Å². The van der Waals surface area contributed by atoms with Crippen molar-refractivity contribution in [3.05, 3.63) is 35.9 Å². The maximum atomic E-state index is 12.8. The Balaban J connectivity index is 1.71. The third-order valence-corrected chi connectivity index (χ3v) is 5.94. The molecule has 0 aromatic heterocycles. The van der Waals surface area contributed by atoms with Gasteiger partial charge in [0.2, 0.25) is 12.0 Å². The van der Waals surface area contributed by atoms with Gasteiger partial charge in [-0.2, -0.15) is 0 Å². The summed E-state index contributed by atoms with van der Waals surface area (Å²) in [5.41, 5.74) is 0.857. The Hall–Kier alpha value is -2.12. The van der Waals surface area contributed by atoms with Crippen molar-refractivity contribution >= 4 is 29.3 Å². The van der Waals surface area contributed by atoms with Crippen molar-refractivity contribution in [1.29, 1.82) is 0 Å². The minimum atomic E-state index is -1.04. The van der Waals surface area contributed by atoms with Gasteiger partial charge in [0.15, 0.2) is 0 Å². The molecular weight excluding hydrogens is 382 g/mol. The fraction of sp³-hybridized carbons (Fsp3) is 0.550. The second-order valence-electron chi connectivity index (χ2n) is 7.39. The number of amides is 3. The largest absolute Gasteiger partial charge is 0.357 e. The minimum Gasteiger partial charge on any atom is -0.357 e. The number of likely N-dealkylation sites (N-methyl/N-ethyl adjacent to an activating group) is 1. The van der Waals surface area contributed by atoms with Crippen molar-refractivity contribution < 1.29 is 19.1 Å². The average Bonchev–Trinajstić information content (AvgIpc) is 2.74. The Morgan fingerprint density at radius 1 is 1.21 bits per heavy atom. The lowest BCUT2D eigenvalue weighted by Gasteiger charge is -2.43. The molecule has 0 aliphatic carbocycles. The predicted molar refractivity (Wildman–Crippen MR) is 105 cm³/mol. The number of carbonyl (C=O) groups excluding carboxylic acids is 3. The first-order chi connectivity index (χ1) is 13.5. The number of halogens is 1. The summed E-state index contributed by atoms with van der Waals surface area (Å²) in [6.07, 6.45) is 0.323. The van der Waals surface area contributed by atoms with Crippen molar-refractivity contribution in [2.45, 2.75) is 24.4 Å². The molecule has 0 bridgehead atoms. The number of ether oxygens (including phenoxy) is 1. The van der Waals surface area contributed by atoms with E-state index in [2.05, 4.69) is 5.32 Å². The predicted octanol–water partition coefficient (Wildman–Crippen LogP) is 0.759. The molecule has 3 rings (SSSR count). The van der Waals surface area contributed by atoms with E-state index < -0.39 is 6.10 Å². The van der Waals surface area contributed by atoms with Crippen molar-refractivity contribution in [3.63, 3.8) is 0 Å². The van der Waals surface area contributed by atoms with E-state index in [-0.39, 0.29) is 29.0 Å². The Morgan fingerprint density at radius 3 is 2.54 bits per heavy atom. The zero-order valence-corrected chi connectivity index (χ0v) is 16.8. The molecule has 152 valence electrons. The first-order valence-corrected chi connectivity index (χ1v) is 10.0. The fourth-order valence-corrected chi connectivity index (χ4v) is 3.96. The van der Waals surface area contributed by atoms with Crippen LogP contribution in [0, 0.1) is 0 Å². The molecule has 1 unspecified atom stereocenters. The van der Waals surface area contributed by atoms with Gasteiger partial charge in [-0.1, -0.05) is 30.3 Å². The molecule has 8 heteroatoms. The van der Waals surface area contributed by atoms with Gasteiger partial charge in [0.05, 0.1) is 6.61 Å². The van der Waals surface area contributed by atoms with E-state index in [0.29, 0.717) is 45.6 Å². The summed E-state index contributed by atoms with van der Waals surface area (Å²) in [5, 5.41) is 2.90. The first-order valence-electron chi connectivity index (χ1n) is 9.50. The van der Waals surface area contributed by atoms with Crippen LogP contribution in [-0.2, 0) is 24.5 Å². The first kappa shape index (κ1) is 20.6. The van der Waals surface area contributed by atoms with Gasteiger partial charge in [0, 0.05) is 38.6 Å². The van der Waals surface area contributed by atoms with Gasteiger partial charge in [-0.25, -0.2) is 0 Å². The SMILES string of the molecule is CN1CCOC(C(=O)N2CCC(CNC(=O)CCl)(c3ccccc3)CC2)C1=O. The van der Waals surface area contributed by atoms with E-state index in [4.69, 9.17) is 16.3 Å². The number of alkyl halides is 1. The lowest BCUT2D eigenvalue weighted by atomic mass is 9.72. The zero-order valence-electron chi connectivity index (χ0n) is 16.0. The number of likely N-dealkylation sites (tertiary alicyclic amines) is 1. The van der Waals surface area contributed by atoms with Gasteiger partial charge >= 0.3 is 0 Å². The fourth-order valence-electron chi connectivity index (χ4n) is 3.86. The monoisotopic (exact) mass is 407 g/mol. The van der Waals surface area contributed by atoms with E-state index in [9.17, 15) is 14.4 Å². The summed E-state index contributed by atoms with van der Waals surface area (Å²) < 4.78 is 5.45. The number of hydrogen-bond donors (Lipinski definition) is 1. The van der Waals surface area contributed by atoms with Crippen molar-refractivity contribution in [3.8, 4) is 0 Å². The highest BCUT2D eigenvalue weighted by Crippen LogP contribution is 2.35. The van der Waals surface area contributed by atoms with Crippen molar-refractivity contribution in [1.82, 2.24) is 15.1 Å². The molecule has 7 nitrogen and oxygen atoms in total. The summed E-state index contributed by atoms with van der Waals surface area (Å²) in [6, 6.07) is 10.0. The Labute approximate surface area is 169 Å². The summed E-state index contributed by atoms with van der Waals surface area (Å²) in [7, 11) is 1.68. The zero-order chi connectivity index (χ0) is 20.1. The second-order valence-corrected chi connectivity index (χ2v) is 7.66. The highest BCUT2D eigenvalue weighted by Gasteiger charge is 2.42. The normalized spacial score (nSPS) is 22.1. The molecule has 2 aliphatic heterocycles. The van der Waals surface area contributed by atoms with Crippen molar-refractivity contribution in [2.24, 2.45) is 0 Å². The molecule has 2 aliphatic rings. The molecule has 0 radical (unpaired) electrons. The Morgan fingerprint density at radius 2 is 1.89 bits per heavy atom. The van der Waals surface area contributed by atoms with Crippen LogP contribution in [0.2, 0.25) is 0 Å². The van der Waals surface area contributed by atoms with Gasteiger partial charge in [-0.3, -0.25) is 14.4 Å². The average molecular weight is 408 g/mol. The number of piperidine rings is 1. The van der Waals surface area contributed by atoms with Crippen LogP contribution >= 0.6 is 11.6 Å². The van der Waals surface area contributed by atoms with Gasteiger partial charge in [-0.15, -0.1) is 11.6 Å². The smallest absolute Gasteiger partial charge is 0.261 e. The number of hydrogen-bond acceptors (Lipinski definition) is 4. The highest BCUT2D eigenvalue weighted by molar-refractivity contribution is 6.27. The summed E-state index contributed by atoms with van der Waals surface area (Å²) >= 11 is 5.62. The van der Waals surface area contributed by atoms with E-state index in [1.165, 1.54) is 4.90 Å². The number of nitrogens with one attached hydrogen (secondary N) is 1. The van der Waals surface area contributed by atoms with Gasteiger partial charge in [0.1, 0.15) is 5.88 Å². The summed E-state index contributed by atoms with van der Waals surface area (Å²) in [6.45, 7) is 2.33. The maximum absolute atomic E-state index is 12.8. The second kappa shape index (κ2) is 8.92. The van der Waals surface area contributed by atoms with Crippen LogP contribution in [0.3, 0.4) is 0 Å². The Bertz CT molecular complexity index is 719. The molecule has 28 heavy (non-hydrogen) atoms. The molecule has 1 aromatic carbocycles. The third-order valence-electron chi connectivity index (χ3n) is 5.70. The number of carbonyl (C=O) groups is 3. The third kappa shape index (κ3) is 4.31. The lowest BCUT2D eigenvalue weighted by molar-refractivity contribution is -0.164. The van der Waals surface area contributed by atoms with Crippen LogP contribution in [0.4, 0.5) is 0 Å². The molecule has 2 heterocycles. The molecule has 1 aromatic rings. The number of nitrogens with zero attached hydrogens (tertiary/aromatic N) is 2. The van der Waals surface area contributed by atoms with Crippen LogP contribution in [0.5, 0.6) is 0 Å². The molecule has 0 spiro atoms. The number of rotatable bonds is 5. The van der Waals surface area contributed by atoms with Gasteiger partial charge < -0.3 is 19.9 Å². The van der Waals surface area contributed by atoms with Crippen LogP contribution < -0.4 is 5.32 Å². The van der Waals surface area contributed by atoms with Crippen LogP contribution in [0.1, 0.15) is 18.4 Å². The van der Waals surface area contributed by atoms with E-state index in [1.807, 2.05) is 30.3 Å². The molecule has 3 amide bonds. The Kier molecular flexibility index (Phi) is 6.57. The maximum Gasteiger partial charge on any atom is 0.261 e. The standard InChI is InChI=1S/C20H26ClN3O4/c1-23-11-12-28-17(18(23)26)19(27)24-9-7-20(8-10-24,14-22-16(25)13-21)15-5-3-2-4-6-15/h2-6,17H,7-14H2,1H3,(H,22,25). The van der Waals surface area contributed by atoms with Gasteiger partial charge in [-0.05, 0) is 18.4 Å². The van der Waals surface area contributed by atoms with Crippen LogP contribution in [0.15, 0.2) is 30.3 Å². The number of morpholine rings is 1. The molecule has 1 N–H and O–H groups in total. The minimum absolute atomic E-state index is 0.0792. The number of benzene rings is 1. The molecule has 1 atom stereocenters. The van der Waals surface area contributed by atoms with Gasteiger partial charge in [0.25, 0.3) is 11.8 Å². The van der Waals surface area contributed by atoms with Crippen LogP contribution in [-0.4, -0.2) is 79.3 Å². The highest BCUT2D eigenvalue weighted by atomic mass is 35.5. The summed E-state index contributed by atoms with van der Waals surface area (Å²) in [5.74, 6) is -0.849. The summed E-state index contributed by atoms with van der Waals surface area (Å²) in [4.78, 5) is 40.0. The quantitative estimate of drug-likeness (QED) is 0.577.